The zero-order valence-corrected chi connectivity index (χ0v) is 18.5. The Morgan fingerprint density at radius 2 is 1.77 bits per heavy atom. The second kappa shape index (κ2) is 9.98. The van der Waals surface area contributed by atoms with E-state index < -0.39 is 10.0 Å². The van der Waals surface area contributed by atoms with Gasteiger partial charge in [0.2, 0.25) is 0 Å². The Balaban J connectivity index is 1.73. The van der Waals surface area contributed by atoms with Crippen LogP contribution in [0.4, 0.5) is 11.4 Å². The molecule has 1 aliphatic heterocycles. The Bertz CT molecular complexity index is 971. The number of rotatable bonds is 10. The van der Waals surface area contributed by atoms with Gasteiger partial charge in [-0.15, -0.1) is 0 Å². The molecule has 0 bridgehead atoms. The average Bonchev–Trinajstić information content (AvgIpc) is 2.73. The summed E-state index contributed by atoms with van der Waals surface area (Å²) in [7, 11) is -3.72. The number of nitrogens with one attached hydrogen (secondary N) is 1. The Labute approximate surface area is 179 Å². The van der Waals surface area contributed by atoms with Gasteiger partial charge in [-0.25, -0.2) is 8.42 Å². The van der Waals surface area contributed by atoms with Crippen molar-refractivity contribution in [1.29, 1.82) is 0 Å². The van der Waals surface area contributed by atoms with Gasteiger partial charge in [0.1, 0.15) is 5.75 Å². The number of aryl methyl sites for hydroxylation is 1. The normalized spacial score (nSPS) is 13.7. The molecule has 0 saturated heterocycles. The van der Waals surface area contributed by atoms with Crippen LogP contribution in [0.5, 0.6) is 5.75 Å². The van der Waals surface area contributed by atoms with E-state index in [1.807, 2.05) is 19.1 Å². The molecule has 0 unspecified atom stereocenters. The van der Waals surface area contributed by atoms with E-state index >= 15 is 0 Å². The fourth-order valence-corrected chi connectivity index (χ4v) is 4.59. The van der Waals surface area contributed by atoms with Crippen LogP contribution in [0.15, 0.2) is 47.4 Å². The van der Waals surface area contributed by atoms with Crippen molar-refractivity contribution in [3.8, 4) is 5.75 Å². The van der Waals surface area contributed by atoms with Crippen LogP contribution < -0.4 is 14.4 Å². The number of sulfonamides is 1. The number of ether oxygens (including phenoxy) is 1. The highest BCUT2D eigenvalue weighted by Gasteiger charge is 2.25. The minimum atomic E-state index is -3.72. The number of benzene rings is 2. The maximum Gasteiger partial charge on any atom is 0.265 e. The highest BCUT2D eigenvalue weighted by atomic mass is 32.2. The van der Waals surface area contributed by atoms with Gasteiger partial charge >= 0.3 is 0 Å². The van der Waals surface area contributed by atoms with E-state index in [9.17, 15) is 13.2 Å². The first-order valence-corrected chi connectivity index (χ1v) is 12.1. The topological polar surface area (TPSA) is 75.7 Å². The Hall–Kier alpha value is -2.54. The summed E-state index contributed by atoms with van der Waals surface area (Å²) in [5.41, 5.74) is 2.14. The van der Waals surface area contributed by atoms with Gasteiger partial charge in [-0.3, -0.25) is 9.52 Å². The van der Waals surface area contributed by atoms with E-state index in [0.717, 1.165) is 24.8 Å². The molecule has 7 heteroatoms. The molecule has 0 fully saturated rings. The van der Waals surface area contributed by atoms with Crippen LogP contribution in [-0.2, 0) is 21.2 Å². The van der Waals surface area contributed by atoms with Gasteiger partial charge in [-0.1, -0.05) is 45.2 Å². The van der Waals surface area contributed by atoms with Crippen molar-refractivity contribution in [3.63, 3.8) is 0 Å². The molecule has 1 N–H and O–H groups in total. The number of hydrogen-bond acceptors (Lipinski definition) is 4. The van der Waals surface area contributed by atoms with Crippen LogP contribution >= 0.6 is 0 Å². The SMILES string of the molecule is CCCCCCc1ccc(S(=O)(=O)Nc2ccc3c(c2)N(CCC)C(=O)CO3)cc1. The second-order valence-electron chi connectivity index (χ2n) is 7.58. The van der Waals surface area contributed by atoms with Crippen molar-refractivity contribution in [2.75, 3.05) is 22.8 Å². The lowest BCUT2D eigenvalue weighted by Gasteiger charge is -2.29. The number of carbonyl (C=O) groups is 1. The van der Waals surface area contributed by atoms with E-state index in [2.05, 4.69) is 11.6 Å². The van der Waals surface area contributed by atoms with Gasteiger partial charge in [0, 0.05) is 6.54 Å². The van der Waals surface area contributed by atoms with E-state index in [1.165, 1.54) is 19.3 Å². The highest BCUT2D eigenvalue weighted by Crippen LogP contribution is 2.35. The molecule has 0 saturated carbocycles. The summed E-state index contributed by atoms with van der Waals surface area (Å²) in [6, 6.07) is 12.0. The number of unbranched alkanes of at least 4 members (excludes halogenated alkanes) is 3. The summed E-state index contributed by atoms with van der Waals surface area (Å²) in [4.78, 5) is 14.0. The molecule has 3 rings (SSSR count). The van der Waals surface area contributed by atoms with Crippen LogP contribution in [0.2, 0.25) is 0 Å². The highest BCUT2D eigenvalue weighted by molar-refractivity contribution is 7.92. The Kier molecular flexibility index (Phi) is 7.37. The molecule has 2 aromatic rings. The summed E-state index contributed by atoms with van der Waals surface area (Å²) in [6.07, 6.45) is 6.48. The van der Waals surface area contributed by atoms with Crippen LogP contribution in [0.1, 0.15) is 51.5 Å². The standard InChI is InChI=1S/C23H30N2O4S/c1-3-5-6-7-8-18-9-12-20(13-10-18)30(27,28)24-19-11-14-22-21(16-19)25(15-4-2)23(26)17-29-22/h9-14,16,24H,3-8,15,17H2,1-2H3. The van der Waals surface area contributed by atoms with Gasteiger partial charge in [0.15, 0.2) is 6.61 Å². The first-order valence-electron chi connectivity index (χ1n) is 10.6. The molecule has 0 aromatic heterocycles. The minimum absolute atomic E-state index is 0.00284. The Morgan fingerprint density at radius 3 is 2.47 bits per heavy atom. The van der Waals surface area contributed by atoms with E-state index in [1.54, 1.807) is 35.2 Å². The summed E-state index contributed by atoms with van der Waals surface area (Å²) < 4.78 is 33.8. The molecule has 1 amide bonds. The van der Waals surface area contributed by atoms with Crippen molar-refractivity contribution in [3.05, 3.63) is 48.0 Å². The fraction of sp³-hybridized carbons (Fsp3) is 0.435. The van der Waals surface area contributed by atoms with Crippen molar-refractivity contribution in [1.82, 2.24) is 0 Å². The third-order valence-corrected chi connectivity index (χ3v) is 6.55. The molecule has 30 heavy (non-hydrogen) atoms. The van der Waals surface area contributed by atoms with Crippen molar-refractivity contribution in [2.45, 2.75) is 57.3 Å². The molecule has 1 aliphatic rings. The summed E-state index contributed by atoms with van der Waals surface area (Å²) in [5, 5.41) is 0. The van der Waals surface area contributed by atoms with Crippen molar-refractivity contribution < 1.29 is 17.9 Å². The first kappa shape index (κ1) is 22.2. The minimum Gasteiger partial charge on any atom is -0.482 e. The van der Waals surface area contributed by atoms with Gasteiger partial charge in [-0.05, 0) is 55.2 Å². The smallest absolute Gasteiger partial charge is 0.265 e. The lowest BCUT2D eigenvalue weighted by molar-refractivity contribution is -0.121. The third kappa shape index (κ3) is 5.33. The third-order valence-electron chi connectivity index (χ3n) is 5.15. The largest absolute Gasteiger partial charge is 0.482 e. The number of hydrogen-bond donors (Lipinski definition) is 1. The molecule has 0 atom stereocenters. The molecule has 0 aliphatic carbocycles. The summed E-state index contributed by atoms with van der Waals surface area (Å²) in [6.45, 7) is 4.73. The molecule has 162 valence electrons. The van der Waals surface area contributed by atoms with E-state index in [4.69, 9.17) is 4.74 Å². The predicted octanol–water partition coefficient (Wildman–Crippen LogP) is 4.75. The number of fused-ring (bicyclic) bond motifs is 1. The molecule has 0 spiro atoms. The average molecular weight is 431 g/mol. The van der Waals surface area contributed by atoms with Crippen LogP contribution in [0.3, 0.4) is 0 Å². The summed E-state index contributed by atoms with van der Waals surface area (Å²) in [5.74, 6) is 0.456. The lowest BCUT2D eigenvalue weighted by Crippen LogP contribution is -2.39. The maximum atomic E-state index is 12.8. The van der Waals surface area contributed by atoms with Crippen LogP contribution in [0.25, 0.3) is 0 Å². The van der Waals surface area contributed by atoms with Crippen LogP contribution in [-0.4, -0.2) is 27.5 Å². The van der Waals surface area contributed by atoms with E-state index in [-0.39, 0.29) is 17.4 Å². The monoisotopic (exact) mass is 430 g/mol. The number of anilines is 2. The molecule has 0 radical (unpaired) electrons. The first-order chi connectivity index (χ1) is 14.4. The lowest BCUT2D eigenvalue weighted by atomic mass is 10.1. The molecule has 2 aromatic carbocycles. The van der Waals surface area contributed by atoms with Gasteiger partial charge in [-0.2, -0.15) is 0 Å². The van der Waals surface area contributed by atoms with Gasteiger partial charge in [0.25, 0.3) is 15.9 Å². The van der Waals surface area contributed by atoms with Gasteiger partial charge in [0.05, 0.1) is 16.3 Å². The molecule has 6 nitrogen and oxygen atoms in total. The summed E-state index contributed by atoms with van der Waals surface area (Å²) >= 11 is 0. The quantitative estimate of drug-likeness (QED) is 0.552. The molecular formula is C23H30N2O4S. The van der Waals surface area contributed by atoms with Gasteiger partial charge < -0.3 is 9.64 Å². The van der Waals surface area contributed by atoms with Crippen molar-refractivity contribution in [2.24, 2.45) is 0 Å². The number of amides is 1. The van der Waals surface area contributed by atoms with E-state index in [0.29, 0.717) is 23.7 Å². The fourth-order valence-electron chi connectivity index (χ4n) is 3.54. The maximum absolute atomic E-state index is 12.8. The Morgan fingerprint density at radius 1 is 1.00 bits per heavy atom. The zero-order valence-electron chi connectivity index (χ0n) is 17.7. The van der Waals surface area contributed by atoms with Crippen LogP contribution in [0, 0.1) is 0 Å². The second-order valence-corrected chi connectivity index (χ2v) is 9.26. The number of nitrogens with zero attached hydrogens (tertiary/aromatic N) is 1. The number of carbonyl (C=O) groups excluding carboxylic acids is 1. The molecular weight excluding hydrogens is 400 g/mol. The molecule has 1 heterocycles. The van der Waals surface area contributed by atoms with Crippen molar-refractivity contribution >= 4 is 27.3 Å². The zero-order chi connectivity index (χ0) is 21.6. The predicted molar refractivity (Wildman–Crippen MR) is 120 cm³/mol.